The smallest absolute Gasteiger partial charge is 0.0459 e. The molecule has 1 atom stereocenters. The number of halogens is 1. The van der Waals surface area contributed by atoms with E-state index in [2.05, 4.69) is 18.3 Å². The first kappa shape index (κ1) is 6.99. The lowest BCUT2D eigenvalue weighted by molar-refractivity contribution is 0.839. The predicted molar refractivity (Wildman–Crippen MR) is 48.2 cm³/mol. The van der Waals surface area contributed by atoms with Gasteiger partial charge in [-0.05, 0) is 31.0 Å². The largest absolute Gasteiger partial charge is 0.382 e. The highest BCUT2D eigenvalue weighted by Gasteiger charge is 2.17. The molecule has 0 fully saturated rings. The van der Waals surface area contributed by atoms with Gasteiger partial charge in [-0.1, -0.05) is 17.7 Å². The standard InChI is InChI=1S/C9H10ClN/c1-6-5-7-8(10)3-2-4-9(7)11-6/h2-4,6,11H,5H2,1H3/t6-/m0/s1. The van der Waals surface area contributed by atoms with E-state index in [-0.39, 0.29) is 0 Å². The first-order valence-electron chi connectivity index (χ1n) is 3.81. The number of hydrogen-bond donors (Lipinski definition) is 1. The summed E-state index contributed by atoms with van der Waals surface area (Å²) >= 11 is 5.99. The number of anilines is 1. The maximum Gasteiger partial charge on any atom is 0.0459 e. The zero-order valence-electron chi connectivity index (χ0n) is 6.39. The van der Waals surface area contributed by atoms with Crippen LogP contribution in [0.2, 0.25) is 5.02 Å². The molecule has 0 saturated carbocycles. The van der Waals surface area contributed by atoms with Gasteiger partial charge in [0, 0.05) is 16.8 Å². The van der Waals surface area contributed by atoms with E-state index in [1.165, 1.54) is 11.3 Å². The van der Waals surface area contributed by atoms with Gasteiger partial charge in [0.25, 0.3) is 0 Å². The summed E-state index contributed by atoms with van der Waals surface area (Å²) in [6, 6.07) is 6.53. The first-order chi connectivity index (χ1) is 5.27. The molecule has 1 aliphatic rings. The van der Waals surface area contributed by atoms with Gasteiger partial charge >= 0.3 is 0 Å². The van der Waals surface area contributed by atoms with E-state index in [0.29, 0.717) is 6.04 Å². The second-order valence-corrected chi connectivity index (χ2v) is 3.42. The number of benzene rings is 1. The Balaban J connectivity index is 2.49. The second kappa shape index (κ2) is 2.42. The lowest BCUT2D eigenvalue weighted by atomic mass is 10.1. The number of rotatable bonds is 0. The van der Waals surface area contributed by atoms with Crippen LogP contribution in [0.15, 0.2) is 18.2 Å². The third kappa shape index (κ3) is 1.10. The Bertz CT molecular complexity index is 283. The van der Waals surface area contributed by atoms with E-state index in [9.17, 15) is 0 Å². The Morgan fingerprint density at radius 2 is 2.36 bits per heavy atom. The fourth-order valence-corrected chi connectivity index (χ4v) is 1.78. The highest BCUT2D eigenvalue weighted by atomic mass is 35.5. The highest BCUT2D eigenvalue weighted by molar-refractivity contribution is 6.31. The van der Waals surface area contributed by atoms with Gasteiger partial charge in [0.1, 0.15) is 0 Å². The molecular formula is C9H10ClN. The molecule has 0 saturated heterocycles. The summed E-state index contributed by atoms with van der Waals surface area (Å²) in [5.41, 5.74) is 2.46. The first-order valence-corrected chi connectivity index (χ1v) is 4.19. The zero-order valence-corrected chi connectivity index (χ0v) is 7.15. The van der Waals surface area contributed by atoms with Crippen molar-refractivity contribution < 1.29 is 0 Å². The van der Waals surface area contributed by atoms with Crippen molar-refractivity contribution in [3.05, 3.63) is 28.8 Å². The third-order valence-electron chi connectivity index (χ3n) is 2.03. The summed E-state index contributed by atoms with van der Waals surface area (Å²) in [5.74, 6) is 0. The lowest BCUT2D eigenvalue weighted by Crippen LogP contribution is -2.08. The quantitative estimate of drug-likeness (QED) is 0.627. The molecule has 2 rings (SSSR count). The molecule has 0 radical (unpaired) electrons. The molecule has 1 aromatic carbocycles. The van der Waals surface area contributed by atoms with Crippen molar-refractivity contribution >= 4 is 17.3 Å². The van der Waals surface area contributed by atoms with Crippen LogP contribution in [0.4, 0.5) is 5.69 Å². The molecule has 0 spiro atoms. The van der Waals surface area contributed by atoms with Crippen molar-refractivity contribution in [2.75, 3.05) is 5.32 Å². The van der Waals surface area contributed by atoms with Gasteiger partial charge in [-0.2, -0.15) is 0 Å². The van der Waals surface area contributed by atoms with Crippen LogP contribution in [0.3, 0.4) is 0 Å². The van der Waals surface area contributed by atoms with Gasteiger partial charge in [-0.25, -0.2) is 0 Å². The molecule has 0 bridgehead atoms. The summed E-state index contributed by atoms with van der Waals surface area (Å²) in [6.07, 6.45) is 1.05. The van der Waals surface area contributed by atoms with E-state index in [4.69, 9.17) is 11.6 Å². The van der Waals surface area contributed by atoms with E-state index in [0.717, 1.165) is 11.4 Å². The van der Waals surface area contributed by atoms with Crippen LogP contribution in [0.5, 0.6) is 0 Å². The van der Waals surface area contributed by atoms with Crippen molar-refractivity contribution in [2.45, 2.75) is 19.4 Å². The SMILES string of the molecule is C[C@H]1Cc2c(Cl)cccc2N1. The number of hydrogen-bond acceptors (Lipinski definition) is 1. The molecule has 1 N–H and O–H groups in total. The Kier molecular flexibility index (Phi) is 1.53. The molecule has 0 aromatic heterocycles. The van der Waals surface area contributed by atoms with Crippen LogP contribution in [0, 0.1) is 0 Å². The van der Waals surface area contributed by atoms with Crippen LogP contribution < -0.4 is 5.32 Å². The maximum atomic E-state index is 5.99. The van der Waals surface area contributed by atoms with Crippen molar-refractivity contribution in [1.29, 1.82) is 0 Å². The van der Waals surface area contributed by atoms with Crippen molar-refractivity contribution in [3.63, 3.8) is 0 Å². The van der Waals surface area contributed by atoms with Crippen LogP contribution in [0.1, 0.15) is 12.5 Å². The normalized spacial score (nSPS) is 21.1. The van der Waals surface area contributed by atoms with Crippen molar-refractivity contribution in [2.24, 2.45) is 0 Å². The van der Waals surface area contributed by atoms with Crippen LogP contribution in [-0.2, 0) is 6.42 Å². The average molecular weight is 168 g/mol. The lowest BCUT2D eigenvalue weighted by Gasteiger charge is -2.00. The molecular weight excluding hydrogens is 158 g/mol. The highest BCUT2D eigenvalue weighted by Crippen LogP contribution is 2.31. The van der Waals surface area contributed by atoms with Crippen molar-refractivity contribution in [3.8, 4) is 0 Å². The summed E-state index contributed by atoms with van der Waals surface area (Å²) in [4.78, 5) is 0. The summed E-state index contributed by atoms with van der Waals surface area (Å²) < 4.78 is 0. The second-order valence-electron chi connectivity index (χ2n) is 3.02. The van der Waals surface area contributed by atoms with E-state index in [1.54, 1.807) is 0 Å². The van der Waals surface area contributed by atoms with E-state index < -0.39 is 0 Å². The van der Waals surface area contributed by atoms with Gasteiger partial charge in [0.2, 0.25) is 0 Å². The predicted octanol–water partition coefficient (Wildman–Crippen LogP) is 2.70. The minimum atomic E-state index is 0.532. The van der Waals surface area contributed by atoms with Gasteiger partial charge in [-0.15, -0.1) is 0 Å². The molecule has 0 amide bonds. The van der Waals surface area contributed by atoms with Crippen LogP contribution in [-0.4, -0.2) is 6.04 Å². The molecule has 11 heavy (non-hydrogen) atoms. The fourth-order valence-electron chi connectivity index (χ4n) is 1.52. The van der Waals surface area contributed by atoms with Gasteiger partial charge in [0.15, 0.2) is 0 Å². The summed E-state index contributed by atoms with van der Waals surface area (Å²) in [6.45, 7) is 2.16. The minimum Gasteiger partial charge on any atom is -0.382 e. The van der Waals surface area contributed by atoms with Gasteiger partial charge in [-0.3, -0.25) is 0 Å². The third-order valence-corrected chi connectivity index (χ3v) is 2.39. The Morgan fingerprint density at radius 1 is 1.55 bits per heavy atom. The molecule has 1 aromatic rings. The molecule has 58 valence electrons. The van der Waals surface area contributed by atoms with Gasteiger partial charge in [0.05, 0.1) is 0 Å². The molecule has 1 aliphatic heterocycles. The van der Waals surface area contributed by atoms with E-state index >= 15 is 0 Å². The molecule has 2 heteroatoms. The minimum absolute atomic E-state index is 0.532. The fraction of sp³-hybridized carbons (Fsp3) is 0.333. The summed E-state index contributed by atoms with van der Waals surface area (Å²) in [7, 11) is 0. The van der Waals surface area contributed by atoms with Crippen molar-refractivity contribution in [1.82, 2.24) is 0 Å². The molecule has 0 aliphatic carbocycles. The maximum absolute atomic E-state index is 5.99. The van der Waals surface area contributed by atoms with Crippen LogP contribution in [0.25, 0.3) is 0 Å². The number of fused-ring (bicyclic) bond motifs is 1. The molecule has 1 nitrogen and oxygen atoms in total. The van der Waals surface area contributed by atoms with Gasteiger partial charge < -0.3 is 5.32 Å². The zero-order chi connectivity index (χ0) is 7.84. The monoisotopic (exact) mass is 167 g/mol. The molecule has 1 heterocycles. The number of nitrogens with one attached hydrogen (secondary N) is 1. The van der Waals surface area contributed by atoms with E-state index in [1.807, 2.05) is 12.1 Å². The molecule has 0 unspecified atom stereocenters. The Hall–Kier alpha value is -0.690. The Labute approximate surface area is 71.4 Å². The average Bonchev–Trinajstić information content (AvgIpc) is 2.31. The Morgan fingerprint density at radius 3 is 3.09 bits per heavy atom. The topological polar surface area (TPSA) is 12.0 Å². The summed E-state index contributed by atoms with van der Waals surface area (Å²) in [5, 5.41) is 4.24. The van der Waals surface area contributed by atoms with Crippen LogP contribution >= 0.6 is 11.6 Å².